The first-order valence-electron chi connectivity index (χ1n) is 7.37. The molecule has 1 aromatic carbocycles. The molecule has 0 saturated heterocycles. The van der Waals surface area contributed by atoms with Crippen molar-refractivity contribution in [1.82, 2.24) is 5.32 Å². The summed E-state index contributed by atoms with van der Waals surface area (Å²) in [5.41, 5.74) is 1.98. The van der Waals surface area contributed by atoms with E-state index in [9.17, 15) is 0 Å². The highest BCUT2D eigenvalue weighted by atomic mass is 16.5. The first kappa shape index (κ1) is 14.4. The van der Waals surface area contributed by atoms with Crippen LogP contribution in [0, 0.1) is 11.3 Å². The molecule has 2 heteroatoms. The fourth-order valence-electron chi connectivity index (χ4n) is 2.55. The van der Waals surface area contributed by atoms with Crippen LogP contribution in [0.5, 0.6) is 5.75 Å². The van der Waals surface area contributed by atoms with E-state index in [1.807, 2.05) is 12.1 Å². The van der Waals surface area contributed by atoms with Gasteiger partial charge in [-0.05, 0) is 61.8 Å². The van der Waals surface area contributed by atoms with Crippen LogP contribution in [0.2, 0.25) is 0 Å². The smallest absolute Gasteiger partial charge is 0.118 e. The molecule has 1 saturated carbocycles. The number of hydrogen-bond acceptors (Lipinski definition) is 2. The van der Waals surface area contributed by atoms with E-state index >= 15 is 0 Å². The van der Waals surface area contributed by atoms with Crippen molar-refractivity contribution < 1.29 is 4.74 Å². The Balaban J connectivity index is 1.66. The zero-order valence-corrected chi connectivity index (χ0v) is 12.7. The number of nitrogens with one attached hydrogen (secondary N) is 1. The van der Waals surface area contributed by atoms with Crippen molar-refractivity contribution in [3.63, 3.8) is 0 Å². The third kappa shape index (κ3) is 4.24. The first-order chi connectivity index (χ1) is 9.01. The second kappa shape index (κ2) is 5.96. The molecule has 1 N–H and O–H groups in total. The predicted octanol–water partition coefficient (Wildman–Crippen LogP) is 3.65. The number of methoxy groups -OCH3 is 1. The maximum atomic E-state index is 5.17. The lowest BCUT2D eigenvalue weighted by atomic mass is 10.1. The summed E-state index contributed by atoms with van der Waals surface area (Å²) >= 11 is 0. The molecule has 2 rings (SSSR count). The monoisotopic (exact) mass is 261 g/mol. The van der Waals surface area contributed by atoms with E-state index in [1.165, 1.54) is 24.9 Å². The standard InChI is InChI=1S/C17H27NO/c1-13(18-12-15-11-17(15,2)3)5-6-14-7-9-16(19-4)10-8-14/h7-10,13,15,18H,5-6,11-12H2,1-4H3. The van der Waals surface area contributed by atoms with Gasteiger partial charge in [0.05, 0.1) is 7.11 Å². The molecule has 1 fully saturated rings. The van der Waals surface area contributed by atoms with Gasteiger partial charge in [0.1, 0.15) is 5.75 Å². The average Bonchev–Trinajstić information content (AvgIpc) is 3.02. The Labute approximate surface area is 117 Å². The number of hydrogen-bond donors (Lipinski definition) is 1. The van der Waals surface area contributed by atoms with Crippen LogP contribution in [-0.2, 0) is 6.42 Å². The molecule has 2 atom stereocenters. The van der Waals surface area contributed by atoms with Gasteiger partial charge in [0.15, 0.2) is 0 Å². The summed E-state index contributed by atoms with van der Waals surface area (Å²) in [6, 6.07) is 9.00. The second-order valence-corrected chi connectivity index (χ2v) is 6.59. The Morgan fingerprint density at radius 3 is 2.47 bits per heavy atom. The van der Waals surface area contributed by atoms with E-state index in [2.05, 4.69) is 38.2 Å². The number of rotatable bonds is 7. The molecule has 0 amide bonds. The van der Waals surface area contributed by atoms with E-state index in [-0.39, 0.29) is 0 Å². The van der Waals surface area contributed by atoms with Gasteiger partial charge in [0.2, 0.25) is 0 Å². The molecule has 1 aliphatic carbocycles. The Morgan fingerprint density at radius 1 is 1.32 bits per heavy atom. The van der Waals surface area contributed by atoms with Crippen LogP contribution in [0.25, 0.3) is 0 Å². The van der Waals surface area contributed by atoms with E-state index in [0.29, 0.717) is 11.5 Å². The molecule has 0 aliphatic heterocycles. The van der Waals surface area contributed by atoms with E-state index in [1.54, 1.807) is 7.11 Å². The maximum Gasteiger partial charge on any atom is 0.118 e. The minimum Gasteiger partial charge on any atom is -0.497 e. The Kier molecular flexibility index (Phi) is 4.51. The Hall–Kier alpha value is -1.02. The fraction of sp³-hybridized carbons (Fsp3) is 0.647. The van der Waals surface area contributed by atoms with Gasteiger partial charge in [0, 0.05) is 6.04 Å². The van der Waals surface area contributed by atoms with E-state index in [4.69, 9.17) is 4.74 Å². The summed E-state index contributed by atoms with van der Waals surface area (Å²) in [5, 5.41) is 3.67. The molecule has 106 valence electrons. The topological polar surface area (TPSA) is 21.3 Å². The lowest BCUT2D eigenvalue weighted by Crippen LogP contribution is -2.29. The SMILES string of the molecule is COc1ccc(CCC(C)NCC2CC2(C)C)cc1. The fourth-order valence-corrected chi connectivity index (χ4v) is 2.55. The average molecular weight is 261 g/mol. The van der Waals surface area contributed by atoms with Crippen molar-refractivity contribution in [2.45, 2.75) is 46.1 Å². The highest BCUT2D eigenvalue weighted by Crippen LogP contribution is 2.51. The zero-order chi connectivity index (χ0) is 13.9. The number of benzene rings is 1. The normalized spacial score (nSPS) is 22.0. The van der Waals surface area contributed by atoms with E-state index < -0.39 is 0 Å². The molecular weight excluding hydrogens is 234 g/mol. The van der Waals surface area contributed by atoms with Crippen LogP contribution in [0.1, 0.15) is 39.2 Å². The number of aryl methyl sites for hydroxylation is 1. The van der Waals surface area contributed by atoms with Crippen LogP contribution < -0.4 is 10.1 Å². The largest absolute Gasteiger partial charge is 0.497 e. The Bertz CT molecular complexity index is 396. The third-order valence-electron chi connectivity index (χ3n) is 4.46. The molecule has 19 heavy (non-hydrogen) atoms. The van der Waals surface area contributed by atoms with Gasteiger partial charge in [-0.25, -0.2) is 0 Å². The summed E-state index contributed by atoms with van der Waals surface area (Å²) in [4.78, 5) is 0. The molecule has 0 heterocycles. The van der Waals surface area contributed by atoms with Gasteiger partial charge in [-0.1, -0.05) is 26.0 Å². The molecule has 2 unspecified atom stereocenters. The molecule has 2 nitrogen and oxygen atoms in total. The van der Waals surface area contributed by atoms with Gasteiger partial charge in [-0.2, -0.15) is 0 Å². The molecule has 0 radical (unpaired) electrons. The van der Waals surface area contributed by atoms with Crippen LogP contribution in [0.4, 0.5) is 0 Å². The lowest BCUT2D eigenvalue weighted by molar-refractivity contribution is 0.414. The minimum absolute atomic E-state index is 0.586. The molecule has 0 bridgehead atoms. The van der Waals surface area contributed by atoms with Gasteiger partial charge in [0.25, 0.3) is 0 Å². The van der Waals surface area contributed by atoms with Crippen molar-refractivity contribution in [3.8, 4) is 5.75 Å². The van der Waals surface area contributed by atoms with Gasteiger partial charge >= 0.3 is 0 Å². The molecule has 0 aromatic heterocycles. The van der Waals surface area contributed by atoms with Crippen molar-refractivity contribution in [2.24, 2.45) is 11.3 Å². The van der Waals surface area contributed by atoms with Crippen LogP contribution >= 0.6 is 0 Å². The first-order valence-corrected chi connectivity index (χ1v) is 7.37. The summed E-state index contributed by atoms with van der Waals surface area (Å²) < 4.78 is 5.17. The Morgan fingerprint density at radius 2 is 1.95 bits per heavy atom. The molecule has 1 aliphatic rings. The van der Waals surface area contributed by atoms with Crippen LogP contribution in [0.15, 0.2) is 24.3 Å². The predicted molar refractivity (Wildman–Crippen MR) is 80.7 cm³/mol. The van der Waals surface area contributed by atoms with E-state index in [0.717, 1.165) is 18.1 Å². The summed E-state index contributed by atoms with van der Waals surface area (Å²) in [5.74, 6) is 1.82. The summed E-state index contributed by atoms with van der Waals surface area (Å²) in [6.07, 6.45) is 3.71. The second-order valence-electron chi connectivity index (χ2n) is 6.59. The quantitative estimate of drug-likeness (QED) is 0.809. The van der Waals surface area contributed by atoms with Crippen molar-refractivity contribution in [2.75, 3.05) is 13.7 Å². The lowest BCUT2D eigenvalue weighted by Gasteiger charge is -2.14. The molecular formula is C17H27NO. The third-order valence-corrected chi connectivity index (χ3v) is 4.46. The van der Waals surface area contributed by atoms with Gasteiger partial charge < -0.3 is 10.1 Å². The summed E-state index contributed by atoms with van der Waals surface area (Å²) in [6.45, 7) is 8.19. The van der Waals surface area contributed by atoms with Gasteiger partial charge in [-0.3, -0.25) is 0 Å². The number of ether oxygens (including phenoxy) is 1. The molecule has 0 spiro atoms. The zero-order valence-electron chi connectivity index (χ0n) is 12.7. The van der Waals surface area contributed by atoms with Crippen molar-refractivity contribution in [1.29, 1.82) is 0 Å². The van der Waals surface area contributed by atoms with Crippen molar-refractivity contribution in [3.05, 3.63) is 29.8 Å². The van der Waals surface area contributed by atoms with Gasteiger partial charge in [-0.15, -0.1) is 0 Å². The highest BCUT2D eigenvalue weighted by molar-refractivity contribution is 5.27. The van der Waals surface area contributed by atoms with Crippen LogP contribution in [-0.4, -0.2) is 19.7 Å². The molecule has 1 aromatic rings. The van der Waals surface area contributed by atoms with Crippen molar-refractivity contribution >= 4 is 0 Å². The maximum absolute atomic E-state index is 5.17. The minimum atomic E-state index is 0.586. The van der Waals surface area contributed by atoms with Crippen LogP contribution in [0.3, 0.4) is 0 Å². The highest BCUT2D eigenvalue weighted by Gasteiger charge is 2.44. The summed E-state index contributed by atoms with van der Waals surface area (Å²) in [7, 11) is 1.71.